The molecule has 1 fully saturated rings. The van der Waals surface area contributed by atoms with Crippen molar-refractivity contribution in [3.8, 4) is 0 Å². The van der Waals surface area contributed by atoms with Crippen LogP contribution in [0.5, 0.6) is 0 Å². The highest BCUT2D eigenvalue weighted by atomic mass is 35.5. The lowest BCUT2D eigenvalue weighted by Gasteiger charge is -2.35. The topological polar surface area (TPSA) is 49.4 Å². The van der Waals surface area contributed by atoms with Crippen LogP contribution in [0.25, 0.3) is 0 Å². The second-order valence-electron chi connectivity index (χ2n) is 4.73. The van der Waals surface area contributed by atoms with E-state index in [-0.39, 0.29) is 11.8 Å². The molecule has 0 saturated carbocycles. The van der Waals surface area contributed by atoms with Crippen molar-refractivity contribution in [1.29, 1.82) is 0 Å². The van der Waals surface area contributed by atoms with Crippen molar-refractivity contribution in [3.05, 3.63) is 57.2 Å². The molecular weight excluding hydrogens is 308 g/mol. The summed E-state index contributed by atoms with van der Waals surface area (Å²) in [6.07, 6.45) is 0. The molecule has 1 aromatic heterocycles. The average Bonchev–Trinajstić information content (AvgIpc) is 3.01. The summed E-state index contributed by atoms with van der Waals surface area (Å²) in [5.41, 5.74) is 1.26. The number of carbonyl (C=O) groups excluding carboxylic acids is 2. The van der Waals surface area contributed by atoms with Crippen LogP contribution in [0.3, 0.4) is 0 Å². The Kier molecular flexibility index (Phi) is 3.94. The van der Waals surface area contributed by atoms with Gasteiger partial charge in [0.2, 0.25) is 5.91 Å². The second kappa shape index (κ2) is 5.87. The van der Waals surface area contributed by atoms with Crippen molar-refractivity contribution < 1.29 is 9.59 Å². The van der Waals surface area contributed by atoms with E-state index in [0.717, 1.165) is 0 Å². The van der Waals surface area contributed by atoms with Crippen molar-refractivity contribution >= 4 is 34.8 Å². The molecule has 0 bridgehead atoms. The molecule has 2 aromatic rings. The number of nitrogens with one attached hydrogen (secondary N) is 1. The van der Waals surface area contributed by atoms with Crippen LogP contribution in [0.2, 0.25) is 5.02 Å². The van der Waals surface area contributed by atoms with E-state index in [1.54, 1.807) is 34.5 Å². The molecule has 1 aliphatic rings. The molecule has 1 aromatic carbocycles. The lowest BCUT2D eigenvalue weighted by atomic mass is 10.0. The van der Waals surface area contributed by atoms with Crippen molar-refractivity contribution in [1.82, 2.24) is 10.2 Å². The Balaban J connectivity index is 1.99. The van der Waals surface area contributed by atoms with Gasteiger partial charge in [0.1, 0.15) is 6.04 Å². The van der Waals surface area contributed by atoms with Crippen LogP contribution in [0, 0.1) is 0 Å². The van der Waals surface area contributed by atoms with Crippen molar-refractivity contribution in [2.45, 2.75) is 6.04 Å². The summed E-state index contributed by atoms with van der Waals surface area (Å²) in [5.74, 6) is -0.339. The summed E-state index contributed by atoms with van der Waals surface area (Å²) in [6, 6.07) is 8.22. The molecule has 2 heterocycles. The molecule has 1 atom stereocenters. The molecule has 1 N–H and O–H groups in total. The number of benzene rings is 1. The number of thiophene rings is 1. The van der Waals surface area contributed by atoms with E-state index >= 15 is 0 Å². The third-order valence-electron chi connectivity index (χ3n) is 3.44. The summed E-state index contributed by atoms with van der Waals surface area (Å²) in [7, 11) is 0. The van der Waals surface area contributed by atoms with E-state index in [0.29, 0.717) is 29.2 Å². The van der Waals surface area contributed by atoms with Gasteiger partial charge in [-0.3, -0.25) is 9.59 Å². The Labute approximate surface area is 131 Å². The Hall–Kier alpha value is -1.85. The highest BCUT2D eigenvalue weighted by Gasteiger charge is 2.35. The lowest BCUT2D eigenvalue weighted by Crippen LogP contribution is -2.52. The van der Waals surface area contributed by atoms with Crippen LogP contribution in [-0.4, -0.2) is 29.8 Å². The van der Waals surface area contributed by atoms with E-state index < -0.39 is 6.04 Å². The SMILES string of the molecule is O=C1NCCN(C(=O)c2ccsc2)C1c1ccccc1Cl. The van der Waals surface area contributed by atoms with Gasteiger partial charge >= 0.3 is 0 Å². The first-order chi connectivity index (χ1) is 10.2. The standard InChI is InChI=1S/C15H13ClN2O2S/c16-12-4-2-1-3-11(12)13-14(19)17-6-7-18(13)15(20)10-5-8-21-9-10/h1-5,8-9,13H,6-7H2,(H,17,19). The number of amides is 2. The molecule has 0 aliphatic carbocycles. The third kappa shape index (κ3) is 2.66. The second-order valence-corrected chi connectivity index (χ2v) is 5.91. The fourth-order valence-corrected chi connectivity index (χ4v) is 3.31. The monoisotopic (exact) mass is 320 g/mol. The van der Waals surface area contributed by atoms with Crippen molar-refractivity contribution in [2.75, 3.05) is 13.1 Å². The molecule has 6 heteroatoms. The zero-order valence-corrected chi connectivity index (χ0v) is 12.7. The van der Waals surface area contributed by atoms with Crippen LogP contribution >= 0.6 is 22.9 Å². The van der Waals surface area contributed by atoms with Gasteiger partial charge in [-0.1, -0.05) is 29.8 Å². The summed E-state index contributed by atoms with van der Waals surface area (Å²) >= 11 is 7.66. The molecular formula is C15H13ClN2O2S. The molecule has 108 valence electrons. The van der Waals surface area contributed by atoms with Crippen LogP contribution in [0.4, 0.5) is 0 Å². The van der Waals surface area contributed by atoms with Gasteiger partial charge in [0.15, 0.2) is 0 Å². The first-order valence-corrected chi connectivity index (χ1v) is 7.86. The van der Waals surface area contributed by atoms with Crippen molar-refractivity contribution in [2.24, 2.45) is 0 Å². The highest BCUT2D eigenvalue weighted by molar-refractivity contribution is 7.08. The number of hydrogen-bond donors (Lipinski definition) is 1. The van der Waals surface area contributed by atoms with E-state index in [1.807, 2.05) is 11.4 Å². The zero-order valence-electron chi connectivity index (χ0n) is 11.1. The van der Waals surface area contributed by atoms with Gasteiger partial charge in [0.05, 0.1) is 5.56 Å². The zero-order chi connectivity index (χ0) is 14.8. The molecule has 1 aliphatic heterocycles. The number of carbonyl (C=O) groups is 2. The first kappa shape index (κ1) is 14.1. The van der Waals surface area contributed by atoms with Crippen LogP contribution in [0.1, 0.15) is 22.0 Å². The third-order valence-corrected chi connectivity index (χ3v) is 4.47. The molecule has 2 amide bonds. The minimum absolute atomic E-state index is 0.143. The fraction of sp³-hybridized carbons (Fsp3) is 0.200. The normalized spacial score (nSPS) is 18.4. The predicted octanol–water partition coefficient (Wildman–Crippen LogP) is 2.71. The quantitative estimate of drug-likeness (QED) is 0.925. The summed E-state index contributed by atoms with van der Waals surface area (Å²) < 4.78 is 0. The summed E-state index contributed by atoms with van der Waals surface area (Å²) in [5, 5.41) is 6.93. The van der Waals surface area contributed by atoms with E-state index in [1.165, 1.54) is 11.3 Å². The van der Waals surface area contributed by atoms with Gasteiger partial charge in [-0.15, -0.1) is 0 Å². The number of rotatable bonds is 2. The van der Waals surface area contributed by atoms with E-state index in [4.69, 9.17) is 11.6 Å². The fourth-order valence-electron chi connectivity index (χ4n) is 2.44. The molecule has 4 nitrogen and oxygen atoms in total. The van der Waals surface area contributed by atoms with Crippen LogP contribution < -0.4 is 5.32 Å². The van der Waals surface area contributed by atoms with Gasteiger partial charge in [-0.2, -0.15) is 11.3 Å². The van der Waals surface area contributed by atoms with Gasteiger partial charge < -0.3 is 10.2 Å². The lowest BCUT2D eigenvalue weighted by molar-refractivity contribution is -0.128. The maximum atomic E-state index is 12.6. The van der Waals surface area contributed by atoms with Gasteiger partial charge in [-0.05, 0) is 17.5 Å². The molecule has 1 saturated heterocycles. The minimum atomic E-state index is -0.681. The largest absolute Gasteiger partial charge is 0.352 e. The van der Waals surface area contributed by atoms with Crippen LogP contribution in [-0.2, 0) is 4.79 Å². The first-order valence-electron chi connectivity index (χ1n) is 6.54. The molecule has 0 radical (unpaired) electrons. The number of hydrogen-bond acceptors (Lipinski definition) is 3. The Morgan fingerprint density at radius 2 is 2.14 bits per heavy atom. The van der Waals surface area contributed by atoms with Crippen LogP contribution in [0.15, 0.2) is 41.1 Å². The maximum absolute atomic E-state index is 12.6. The van der Waals surface area contributed by atoms with Gasteiger partial charge in [0, 0.05) is 29.1 Å². The minimum Gasteiger partial charge on any atom is -0.352 e. The summed E-state index contributed by atoms with van der Waals surface area (Å²) in [4.78, 5) is 26.5. The highest BCUT2D eigenvalue weighted by Crippen LogP contribution is 2.30. The molecule has 21 heavy (non-hydrogen) atoms. The molecule has 1 unspecified atom stereocenters. The average molecular weight is 321 g/mol. The number of nitrogens with zero attached hydrogens (tertiary/aromatic N) is 1. The predicted molar refractivity (Wildman–Crippen MR) is 82.6 cm³/mol. The Morgan fingerprint density at radius 1 is 1.33 bits per heavy atom. The van der Waals surface area contributed by atoms with Gasteiger partial charge in [0.25, 0.3) is 5.91 Å². The molecule has 0 spiro atoms. The molecule has 3 rings (SSSR count). The number of piperazine rings is 1. The maximum Gasteiger partial charge on any atom is 0.255 e. The van der Waals surface area contributed by atoms with Gasteiger partial charge in [-0.25, -0.2) is 0 Å². The number of halogens is 1. The Bertz CT molecular complexity index is 672. The van der Waals surface area contributed by atoms with E-state index in [2.05, 4.69) is 5.32 Å². The Morgan fingerprint density at radius 3 is 2.86 bits per heavy atom. The summed E-state index contributed by atoms with van der Waals surface area (Å²) in [6.45, 7) is 0.923. The van der Waals surface area contributed by atoms with Crippen molar-refractivity contribution in [3.63, 3.8) is 0 Å². The van der Waals surface area contributed by atoms with E-state index in [9.17, 15) is 9.59 Å². The smallest absolute Gasteiger partial charge is 0.255 e.